The third kappa shape index (κ3) is 3.97. The highest BCUT2D eigenvalue weighted by molar-refractivity contribution is 5.83. The number of benzene rings is 1. The fourth-order valence-corrected chi connectivity index (χ4v) is 1.66. The number of ether oxygens (including phenoxy) is 1. The van der Waals surface area contributed by atoms with Gasteiger partial charge in [0.25, 0.3) is 0 Å². The number of carbonyl (C=O) groups excluding carboxylic acids is 1. The van der Waals surface area contributed by atoms with E-state index in [9.17, 15) is 4.79 Å². The number of hydrogen-bond acceptors (Lipinski definition) is 3. The highest BCUT2D eigenvalue weighted by atomic mass is 16.5. The summed E-state index contributed by atoms with van der Waals surface area (Å²) in [6.45, 7) is 8.07. The van der Waals surface area contributed by atoms with E-state index in [2.05, 4.69) is 5.32 Å². The quantitative estimate of drug-likeness (QED) is 0.837. The Hall–Kier alpha value is -1.55. The van der Waals surface area contributed by atoms with Crippen molar-refractivity contribution >= 4 is 5.91 Å². The Morgan fingerprint density at radius 2 is 1.95 bits per heavy atom. The van der Waals surface area contributed by atoms with Gasteiger partial charge >= 0.3 is 0 Å². The third-order valence-electron chi connectivity index (χ3n) is 4.01. The molecule has 1 aromatic carbocycles. The molecule has 20 heavy (non-hydrogen) atoms. The molecule has 0 aromatic heterocycles. The molecule has 0 saturated heterocycles. The monoisotopic (exact) mass is 278 g/mol. The van der Waals surface area contributed by atoms with Crippen molar-refractivity contribution in [1.82, 2.24) is 5.32 Å². The van der Waals surface area contributed by atoms with Gasteiger partial charge in [-0.2, -0.15) is 0 Å². The highest BCUT2D eigenvalue weighted by Gasteiger charge is 2.40. The number of rotatable bonds is 6. The largest absolute Gasteiger partial charge is 0.497 e. The molecule has 0 aliphatic heterocycles. The molecule has 0 radical (unpaired) electrons. The van der Waals surface area contributed by atoms with E-state index < -0.39 is 11.0 Å². The van der Waals surface area contributed by atoms with Gasteiger partial charge in [-0.1, -0.05) is 12.1 Å². The third-order valence-corrected chi connectivity index (χ3v) is 4.01. The second-order valence-corrected chi connectivity index (χ2v) is 6.20. The molecular weight excluding hydrogens is 252 g/mol. The lowest BCUT2D eigenvalue weighted by molar-refractivity contribution is -0.132. The number of carbonyl (C=O) groups is 1. The maximum Gasteiger partial charge on any atom is 0.227 e. The maximum absolute atomic E-state index is 12.2. The molecule has 4 heteroatoms. The summed E-state index contributed by atoms with van der Waals surface area (Å²) in [7, 11) is 1.65. The first-order chi connectivity index (χ1) is 9.18. The van der Waals surface area contributed by atoms with Gasteiger partial charge in [0, 0.05) is 12.1 Å². The van der Waals surface area contributed by atoms with Crippen molar-refractivity contribution in [1.29, 1.82) is 0 Å². The molecule has 0 heterocycles. The van der Waals surface area contributed by atoms with Gasteiger partial charge in [-0.15, -0.1) is 0 Å². The summed E-state index contributed by atoms with van der Waals surface area (Å²) >= 11 is 0. The van der Waals surface area contributed by atoms with E-state index in [4.69, 9.17) is 10.5 Å². The fraction of sp³-hybridized carbons (Fsp3) is 0.562. The van der Waals surface area contributed by atoms with Crippen LogP contribution < -0.4 is 15.8 Å². The van der Waals surface area contributed by atoms with Gasteiger partial charge in [-0.25, -0.2) is 0 Å². The van der Waals surface area contributed by atoms with E-state index in [1.54, 1.807) is 7.11 Å². The second-order valence-electron chi connectivity index (χ2n) is 6.20. The van der Waals surface area contributed by atoms with Gasteiger partial charge in [0.05, 0.1) is 12.5 Å². The van der Waals surface area contributed by atoms with Gasteiger partial charge in [0.15, 0.2) is 0 Å². The summed E-state index contributed by atoms with van der Waals surface area (Å²) in [6, 6.07) is 7.85. The Kier molecular flexibility index (Phi) is 5.17. The van der Waals surface area contributed by atoms with Crippen LogP contribution in [0.1, 0.15) is 33.3 Å². The number of hydrogen-bond donors (Lipinski definition) is 2. The summed E-state index contributed by atoms with van der Waals surface area (Å²) in [5, 5.41) is 2.96. The first kappa shape index (κ1) is 16.5. The minimum atomic E-state index is -0.610. The molecule has 1 aromatic rings. The minimum Gasteiger partial charge on any atom is -0.497 e. The Balaban J connectivity index is 2.54. The van der Waals surface area contributed by atoms with Crippen LogP contribution in [-0.4, -0.2) is 25.1 Å². The van der Waals surface area contributed by atoms with Gasteiger partial charge in [0.2, 0.25) is 5.91 Å². The molecule has 4 nitrogen and oxygen atoms in total. The summed E-state index contributed by atoms with van der Waals surface area (Å²) in [5.41, 5.74) is 6.02. The summed E-state index contributed by atoms with van der Waals surface area (Å²) in [4.78, 5) is 12.2. The van der Waals surface area contributed by atoms with Crippen molar-refractivity contribution in [3.05, 3.63) is 29.8 Å². The zero-order chi connectivity index (χ0) is 15.4. The first-order valence-corrected chi connectivity index (χ1v) is 6.88. The SMILES string of the molecule is COc1cccc(CCNC(=O)C(C)(C)C(C)(C)N)c1. The average Bonchev–Trinajstić information content (AvgIpc) is 2.37. The molecule has 0 aliphatic carbocycles. The lowest BCUT2D eigenvalue weighted by Gasteiger charge is -2.36. The van der Waals surface area contributed by atoms with E-state index in [0.29, 0.717) is 6.54 Å². The van der Waals surface area contributed by atoms with Gasteiger partial charge in [0.1, 0.15) is 5.75 Å². The van der Waals surface area contributed by atoms with Crippen LogP contribution in [-0.2, 0) is 11.2 Å². The molecule has 0 saturated carbocycles. The normalized spacial score (nSPS) is 12.1. The lowest BCUT2D eigenvalue weighted by atomic mass is 9.74. The molecule has 1 rings (SSSR count). The number of nitrogens with one attached hydrogen (secondary N) is 1. The van der Waals surface area contributed by atoms with Crippen molar-refractivity contribution in [2.45, 2.75) is 39.7 Å². The average molecular weight is 278 g/mol. The van der Waals surface area contributed by atoms with Crippen molar-refractivity contribution in [3.63, 3.8) is 0 Å². The highest BCUT2D eigenvalue weighted by Crippen LogP contribution is 2.28. The smallest absolute Gasteiger partial charge is 0.227 e. The summed E-state index contributed by atoms with van der Waals surface area (Å²) in [5.74, 6) is 0.810. The lowest BCUT2D eigenvalue weighted by Crippen LogP contribution is -2.55. The van der Waals surface area contributed by atoms with E-state index in [-0.39, 0.29) is 5.91 Å². The molecule has 0 unspecified atom stereocenters. The van der Waals surface area contributed by atoms with Crippen LogP contribution in [0.25, 0.3) is 0 Å². The van der Waals surface area contributed by atoms with Crippen LogP contribution in [0.4, 0.5) is 0 Å². The van der Waals surface area contributed by atoms with E-state index >= 15 is 0 Å². The van der Waals surface area contributed by atoms with Crippen LogP contribution in [0.15, 0.2) is 24.3 Å². The zero-order valence-electron chi connectivity index (χ0n) is 13.1. The Morgan fingerprint density at radius 1 is 1.30 bits per heavy atom. The van der Waals surface area contributed by atoms with E-state index in [1.807, 2.05) is 52.0 Å². The van der Waals surface area contributed by atoms with Gasteiger partial charge in [-0.3, -0.25) is 4.79 Å². The molecule has 3 N–H and O–H groups in total. The molecule has 1 amide bonds. The molecule has 0 fully saturated rings. The predicted molar refractivity (Wildman–Crippen MR) is 81.8 cm³/mol. The summed E-state index contributed by atoms with van der Waals surface area (Å²) < 4.78 is 5.18. The van der Waals surface area contributed by atoms with Crippen molar-refractivity contribution in [2.75, 3.05) is 13.7 Å². The van der Waals surface area contributed by atoms with Crippen LogP contribution >= 0.6 is 0 Å². The van der Waals surface area contributed by atoms with E-state index in [1.165, 1.54) is 0 Å². The van der Waals surface area contributed by atoms with Crippen molar-refractivity contribution in [2.24, 2.45) is 11.1 Å². The first-order valence-electron chi connectivity index (χ1n) is 6.88. The van der Waals surface area contributed by atoms with Crippen molar-refractivity contribution in [3.8, 4) is 5.75 Å². The molecular formula is C16H26N2O2. The molecule has 0 aliphatic rings. The Labute approximate surface area is 121 Å². The van der Waals surface area contributed by atoms with Crippen molar-refractivity contribution < 1.29 is 9.53 Å². The van der Waals surface area contributed by atoms with Crippen LogP contribution in [0, 0.1) is 5.41 Å². The second kappa shape index (κ2) is 6.27. The van der Waals surface area contributed by atoms with Gasteiger partial charge < -0.3 is 15.8 Å². The number of nitrogens with two attached hydrogens (primary N) is 1. The van der Waals surface area contributed by atoms with Gasteiger partial charge in [-0.05, 0) is 51.8 Å². The maximum atomic E-state index is 12.2. The van der Waals surface area contributed by atoms with Crippen LogP contribution in [0.2, 0.25) is 0 Å². The Morgan fingerprint density at radius 3 is 2.50 bits per heavy atom. The molecule has 0 atom stereocenters. The van der Waals surface area contributed by atoms with Crippen LogP contribution in [0.3, 0.4) is 0 Å². The zero-order valence-corrected chi connectivity index (χ0v) is 13.1. The molecule has 112 valence electrons. The van der Waals surface area contributed by atoms with Crippen LogP contribution in [0.5, 0.6) is 5.75 Å². The standard InChI is InChI=1S/C16H26N2O2/c1-15(2,16(3,4)17)14(19)18-10-9-12-7-6-8-13(11-12)20-5/h6-8,11H,9-10,17H2,1-5H3,(H,18,19). The topological polar surface area (TPSA) is 64.3 Å². The fourth-order valence-electron chi connectivity index (χ4n) is 1.66. The number of methoxy groups -OCH3 is 1. The molecule has 0 bridgehead atoms. The predicted octanol–water partition coefficient (Wildman–Crippen LogP) is 2.12. The van der Waals surface area contributed by atoms with E-state index in [0.717, 1.165) is 17.7 Å². The Bertz CT molecular complexity index is 462. The minimum absolute atomic E-state index is 0.0205. The number of amides is 1. The molecule has 0 spiro atoms. The summed E-state index contributed by atoms with van der Waals surface area (Å²) in [6.07, 6.45) is 0.768.